The fraction of sp³-hybridized carbons (Fsp3) is 0.600. The van der Waals surface area contributed by atoms with Crippen LogP contribution in [0.1, 0.15) is 49.2 Å². The Morgan fingerprint density at radius 2 is 2.31 bits per heavy atom. The molecule has 1 aromatic heterocycles. The van der Waals surface area contributed by atoms with E-state index in [0.29, 0.717) is 5.92 Å². The Balaban J connectivity index is 3.06. The zero-order valence-electron chi connectivity index (χ0n) is 8.45. The van der Waals surface area contributed by atoms with Gasteiger partial charge in [-0.2, -0.15) is 5.10 Å². The largest absolute Gasteiger partial charge is 0.298 e. The van der Waals surface area contributed by atoms with Gasteiger partial charge in [0.1, 0.15) is 0 Å². The number of aldehydes is 1. The maximum atomic E-state index is 10.7. The van der Waals surface area contributed by atoms with Crippen molar-refractivity contribution >= 4 is 6.29 Å². The molecular formula is C10H16N2O. The lowest BCUT2D eigenvalue weighted by Gasteiger charge is -2.09. The molecule has 0 amide bonds. The molecule has 0 saturated carbocycles. The van der Waals surface area contributed by atoms with Crippen LogP contribution in [0.5, 0.6) is 0 Å². The molecule has 0 spiro atoms. The molecule has 3 nitrogen and oxygen atoms in total. The van der Waals surface area contributed by atoms with Crippen molar-refractivity contribution in [1.82, 2.24) is 9.78 Å². The number of aryl methyl sites for hydroxylation is 1. The number of carbonyl (C=O) groups excluding carboxylic acids is 1. The summed E-state index contributed by atoms with van der Waals surface area (Å²) in [6.07, 6.45) is 3.58. The van der Waals surface area contributed by atoms with Gasteiger partial charge in [-0.25, -0.2) is 0 Å². The van der Waals surface area contributed by atoms with Gasteiger partial charge in [-0.15, -0.1) is 0 Å². The van der Waals surface area contributed by atoms with Crippen molar-refractivity contribution in [2.45, 2.75) is 39.7 Å². The molecule has 0 aliphatic heterocycles. The Hall–Kier alpha value is -1.12. The molecule has 1 rings (SSSR count). The normalized spacial score (nSPS) is 10.8. The number of aromatic nitrogens is 2. The van der Waals surface area contributed by atoms with Gasteiger partial charge in [-0.3, -0.25) is 9.48 Å². The van der Waals surface area contributed by atoms with E-state index in [1.165, 1.54) is 0 Å². The Morgan fingerprint density at radius 3 is 2.77 bits per heavy atom. The van der Waals surface area contributed by atoms with Crippen LogP contribution in [0.2, 0.25) is 0 Å². The van der Waals surface area contributed by atoms with E-state index < -0.39 is 0 Å². The molecule has 0 bridgehead atoms. The number of hydrogen-bond donors (Lipinski definition) is 0. The Bertz CT molecular complexity index is 289. The van der Waals surface area contributed by atoms with E-state index >= 15 is 0 Å². The van der Waals surface area contributed by atoms with E-state index in [4.69, 9.17) is 0 Å². The summed E-state index contributed by atoms with van der Waals surface area (Å²) in [6, 6.07) is 0. The minimum absolute atomic E-state index is 0.356. The van der Waals surface area contributed by atoms with Gasteiger partial charge < -0.3 is 0 Å². The van der Waals surface area contributed by atoms with Crippen LogP contribution in [0, 0.1) is 0 Å². The predicted molar refractivity (Wildman–Crippen MR) is 52.0 cm³/mol. The smallest absolute Gasteiger partial charge is 0.153 e. The molecule has 0 atom stereocenters. The van der Waals surface area contributed by atoms with E-state index in [1.54, 1.807) is 6.20 Å². The SMILES string of the molecule is CCCn1ncc(C=O)c1C(C)C. The van der Waals surface area contributed by atoms with E-state index in [1.807, 2.05) is 4.68 Å². The van der Waals surface area contributed by atoms with Gasteiger partial charge >= 0.3 is 0 Å². The molecule has 13 heavy (non-hydrogen) atoms. The van der Waals surface area contributed by atoms with Crippen LogP contribution >= 0.6 is 0 Å². The first kappa shape index (κ1) is 9.96. The van der Waals surface area contributed by atoms with Crippen molar-refractivity contribution in [1.29, 1.82) is 0 Å². The number of carbonyl (C=O) groups is 1. The summed E-state index contributed by atoms with van der Waals surface area (Å²) in [7, 11) is 0. The third-order valence-electron chi connectivity index (χ3n) is 2.02. The van der Waals surface area contributed by atoms with E-state index in [2.05, 4.69) is 25.9 Å². The molecular weight excluding hydrogens is 164 g/mol. The molecule has 0 fully saturated rings. The molecule has 0 saturated heterocycles. The lowest BCUT2D eigenvalue weighted by Crippen LogP contribution is -2.07. The van der Waals surface area contributed by atoms with Gasteiger partial charge in [-0.1, -0.05) is 20.8 Å². The summed E-state index contributed by atoms with van der Waals surface area (Å²) in [5, 5.41) is 4.18. The lowest BCUT2D eigenvalue weighted by molar-refractivity contribution is 0.112. The average molecular weight is 180 g/mol. The Labute approximate surface area is 78.8 Å². The molecule has 0 aromatic carbocycles. The minimum Gasteiger partial charge on any atom is -0.298 e. The molecule has 0 N–H and O–H groups in total. The lowest BCUT2D eigenvalue weighted by atomic mass is 10.1. The summed E-state index contributed by atoms with van der Waals surface area (Å²) in [5.74, 6) is 0.356. The van der Waals surface area contributed by atoms with Crippen molar-refractivity contribution in [2.24, 2.45) is 0 Å². The van der Waals surface area contributed by atoms with Gasteiger partial charge in [-0.05, 0) is 12.3 Å². The molecule has 0 aliphatic rings. The van der Waals surface area contributed by atoms with E-state index in [9.17, 15) is 4.79 Å². The number of hydrogen-bond acceptors (Lipinski definition) is 2. The zero-order valence-corrected chi connectivity index (χ0v) is 8.45. The van der Waals surface area contributed by atoms with Crippen molar-refractivity contribution in [2.75, 3.05) is 0 Å². The van der Waals surface area contributed by atoms with Crippen LogP contribution in [-0.2, 0) is 6.54 Å². The first-order valence-corrected chi connectivity index (χ1v) is 4.71. The van der Waals surface area contributed by atoms with Crippen LogP contribution in [0.15, 0.2) is 6.20 Å². The first-order chi connectivity index (χ1) is 6.20. The fourth-order valence-electron chi connectivity index (χ4n) is 1.52. The fourth-order valence-corrected chi connectivity index (χ4v) is 1.52. The topological polar surface area (TPSA) is 34.9 Å². The minimum atomic E-state index is 0.356. The molecule has 0 radical (unpaired) electrons. The highest BCUT2D eigenvalue weighted by Crippen LogP contribution is 2.17. The van der Waals surface area contributed by atoms with Gasteiger partial charge in [0.05, 0.1) is 17.5 Å². The first-order valence-electron chi connectivity index (χ1n) is 4.71. The number of nitrogens with zero attached hydrogens (tertiary/aromatic N) is 2. The monoisotopic (exact) mass is 180 g/mol. The summed E-state index contributed by atoms with van der Waals surface area (Å²) in [4.78, 5) is 10.7. The molecule has 3 heteroatoms. The molecule has 0 aliphatic carbocycles. The van der Waals surface area contributed by atoms with Crippen LogP contribution in [0.25, 0.3) is 0 Å². The summed E-state index contributed by atoms with van der Waals surface area (Å²) < 4.78 is 1.92. The van der Waals surface area contributed by atoms with Crippen molar-refractivity contribution in [3.05, 3.63) is 17.5 Å². The Kier molecular flexibility index (Phi) is 3.23. The van der Waals surface area contributed by atoms with Crippen LogP contribution in [0.3, 0.4) is 0 Å². The second-order valence-electron chi connectivity index (χ2n) is 3.48. The summed E-state index contributed by atoms with van der Waals surface area (Å²) in [6.45, 7) is 7.15. The van der Waals surface area contributed by atoms with Gasteiger partial charge in [0.15, 0.2) is 6.29 Å². The highest BCUT2D eigenvalue weighted by molar-refractivity contribution is 5.76. The summed E-state index contributed by atoms with van der Waals surface area (Å²) in [5.41, 5.74) is 1.78. The van der Waals surface area contributed by atoms with Crippen molar-refractivity contribution in [3.63, 3.8) is 0 Å². The van der Waals surface area contributed by atoms with Crippen molar-refractivity contribution < 1.29 is 4.79 Å². The second-order valence-corrected chi connectivity index (χ2v) is 3.48. The van der Waals surface area contributed by atoms with E-state index in [-0.39, 0.29) is 0 Å². The Morgan fingerprint density at radius 1 is 1.62 bits per heavy atom. The summed E-state index contributed by atoms with van der Waals surface area (Å²) >= 11 is 0. The third kappa shape index (κ3) is 1.97. The van der Waals surface area contributed by atoms with Gasteiger partial charge in [0.25, 0.3) is 0 Å². The van der Waals surface area contributed by atoms with E-state index in [0.717, 1.165) is 30.5 Å². The maximum Gasteiger partial charge on any atom is 0.153 e. The molecule has 1 heterocycles. The standard InChI is InChI=1S/C10H16N2O/c1-4-5-12-10(8(2)3)9(7-13)6-11-12/h6-8H,4-5H2,1-3H3. The highest BCUT2D eigenvalue weighted by Gasteiger charge is 2.12. The quantitative estimate of drug-likeness (QED) is 0.666. The molecule has 0 unspecified atom stereocenters. The number of rotatable bonds is 4. The highest BCUT2D eigenvalue weighted by atomic mass is 16.1. The van der Waals surface area contributed by atoms with Gasteiger partial charge in [0.2, 0.25) is 0 Å². The third-order valence-corrected chi connectivity index (χ3v) is 2.02. The average Bonchev–Trinajstić information content (AvgIpc) is 2.48. The second kappa shape index (κ2) is 4.21. The van der Waals surface area contributed by atoms with Crippen molar-refractivity contribution in [3.8, 4) is 0 Å². The predicted octanol–water partition coefficient (Wildman–Crippen LogP) is 2.23. The molecule has 1 aromatic rings. The maximum absolute atomic E-state index is 10.7. The zero-order chi connectivity index (χ0) is 9.84. The van der Waals surface area contributed by atoms with Crippen LogP contribution in [-0.4, -0.2) is 16.1 Å². The van der Waals surface area contributed by atoms with Gasteiger partial charge in [0, 0.05) is 6.54 Å². The van der Waals surface area contributed by atoms with Crippen LogP contribution < -0.4 is 0 Å². The van der Waals surface area contributed by atoms with Crippen LogP contribution in [0.4, 0.5) is 0 Å². The molecule has 72 valence electrons.